The van der Waals surface area contributed by atoms with Gasteiger partial charge in [-0.3, -0.25) is 14.9 Å². The van der Waals surface area contributed by atoms with Crippen molar-refractivity contribution >= 4 is 17.3 Å². The Balaban J connectivity index is 3.07. The highest BCUT2D eigenvalue weighted by Crippen LogP contribution is 2.27. The van der Waals surface area contributed by atoms with Gasteiger partial charge in [0, 0.05) is 20.2 Å². The minimum absolute atomic E-state index is 0.127. The Hall–Kier alpha value is -2.15. The van der Waals surface area contributed by atoms with Crippen molar-refractivity contribution in [2.45, 2.75) is 19.9 Å². The number of rotatable bonds is 7. The maximum Gasteiger partial charge on any atom is 0.293 e. The minimum atomic E-state index is -0.516. The molecule has 0 aliphatic rings. The fourth-order valence-corrected chi connectivity index (χ4v) is 1.97. The standard InChI is InChI=1S/C14H21N3O4/c1-9(2)11(8-21-4)16-14(18)10-6-5-7-12(17(19)20)13(10)15-3/h5-7,9,11,15H,8H2,1-4H3,(H,16,18). The highest BCUT2D eigenvalue weighted by atomic mass is 16.6. The van der Waals surface area contributed by atoms with Crippen molar-refractivity contribution in [2.75, 3.05) is 26.1 Å². The summed E-state index contributed by atoms with van der Waals surface area (Å²) in [7, 11) is 3.11. The Morgan fingerprint density at radius 1 is 1.43 bits per heavy atom. The van der Waals surface area contributed by atoms with Crippen LogP contribution in [0.15, 0.2) is 18.2 Å². The summed E-state index contributed by atoms with van der Waals surface area (Å²) in [5.74, 6) is -0.176. The number of benzene rings is 1. The number of ether oxygens (including phenoxy) is 1. The van der Waals surface area contributed by atoms with E-state index in [0.717, 1.165) is 0 Å². The lowest BCUT2D eigenvalue weighted by atomic mass is 10.0. The molecule has 1 unspecified atom stereocenters. The maximum atomic E-state index is 12.4. The van der Waals surface area contributed by atoms with Gasteiger partial charge in [-0.1, -0.05) is 19.9 Å². The third-order valence-electron chi connectivity index (χ3n) is 3.20. The molecule has 0 saturated heterocycles. The molecule has 0 radical (unpaired) electrons. The van der Waals surface area contributed by atoms with Gasteiger partial charge in [0.1, 0.15) is 5.69 Å². The van der Waals surface area contributed by atoms with Crippen molar-refractivity contribution in [3.05, 3.63) is 33.9 Å². The zero-order chi connectivity index (χ0) is 16.0. The van der Waals surface area contributed by atoms with Gasteiger partial charge in [0.2, 0.25) is 0 Å². The van der Waals surface area contributed by atoms with E-state index in [4.69, 9.17) is 4.74 Å². The first-order chi connectivity index (χ1) is 9.92. The molecule has 0 aliphatic heterocycles. The molecule has 116 valence electrons. The first-order valence-electron chi connectivity index (χ1n) is 6.67. The first-order valence-corrected chi connectivity index (χ1v) is 6.67. The largest absolute Gasteiger partial charge is 0.383 e. The molecule has 0 aromatic heterocycles. The van der Waals surface area contributed by atoms with Gasteiger partial charge in [-0.25, -0.2) is 0 Å². The van der Waals surface area contributed by atoms with Gasteiger partial charge < -0.3 is 15.4 Å². The fraction of sp³-hybridized carbons (Fsp3) is 0.500. The van der Waals surface area contributed by atoms with Gasteiger partial charge in [0.15, 0.2) is 0 Å². The summed E-state index contributed by atoms with van der Waals surface area (Å²) in [5.41, 5.74) is 0.325. The topological polar surface area (TPSA) is 93.5 Å². The third kappa shape index (κ3) is 4.16. The Kier molecular flexibility index (Phi) is 6.10. The van der Waals surface area contributed by atoms with Crippen molar-refractivity contribution in [1.82, 2.24) is 5.32 Å². The number of carbonyl (C=O) groups is 1. The van der Waals surface area contributed by atoms with Crippen molar-refractivity contribution < 1.29 is 14.5 Å². The molecule has 7 nitrogen and oxygen atoms in total. The molecule has 21 heavy (non-hydrogen) atoms. The summed E-state index contributed by atoms with van der Waals surface area (Å²) in [5, 5.41) is 16.6. The molecule has 2 N–H and O–H groups in total. The van der Waals surface area contributed by atoms with Gasteiger partial charge in [-0.15, -0.1) is 0 Å². The molecule has 1 aromatic rings. The summed E-state index contributed by atoms with van der Waals surface area (Å²) in [6, 6.07) is 4.25. The van der Waals surface area contributed by atoms with Crippen molar-refractivity contribution in [1.29, 1.82) is 0 Å². The van der Waals surface area contributed by atoms with E-state index in [0.29, 0.717) is 6.61 Å². The quantitative estimate of drug-likeness (QED) is 0.593. The lowest BCUT2D eigenvalue weighted by Gasteiger charge is -2.22. The molecular formula is C14H21N3O4. The normalized spacial score (nSPS) is 12.0. The lowest BCUT2D eigenvalue weighted by molar-refractivity contribution is -0.384. The molecule has 7 heteroatoms. The lowest BCUT2D eigenvalue weighted by Crippen LogP contribution is -2.41. The van der Waals surface area contributed by atoms with Gasteiger partial charge in [0.25, 0.3) is 11.6 Å². The third-order valence-corrected chi connectivity index (χ3v) is 3.20. The number of nitrogens with zero attached hydrogens (tertiary/aromatic N) is 1. The SMILES string of the molecule is CNc1c(C(=O)NC(COC)C(C)C)cccc1[N+](=O)[O-]. The molecule has 1 amide bonds. The minimum Gasteiger partial charge on any atom is -0.383 e. The molecule has 0 spiro atoms. The van der Waals surface area contributed by atoms with Crippen LogP contribution < -0.4 is 10.6 Å². The van der Waals surface area contributed by atoms with Crippen LogP contribution in [0.4, 0.5) is 11.4 Å². The van der Waals surface area contributed by atoms with E-state index >= 15 is 0 Å². The number of carbonyl (C=O) groups excluding carboxylic acids is 1. The zero-order valence-electron chi connectivity index (χ0n) is 12.7. The number of methoxy groups -OCH3 is 1. The number of anilines is 1. The molecule has 0 bridgehead atoms. The zero-order valence-corrected chi connectivity index (χ0v) is 12.7. The summed E-state index contributed by atoms with van der Waals surface area (Å²) in [6.07, 6.45) is 0. The fourth-order valence-electron chi connectivity index (χ4n) is 1.97. The van der Waals surface area contributed by atoms with E-state index in [9.17, 15) is 14.9 Å². The monoisotopic (exact) mass is 295 g/mol. The van der Waals surface area contributed by atoms with E-state index in [1.165, 1.54) is 12.1 Å². The number of para-hydroxylation sites is 1. The molecular weight excluding hydrogens is 274 g/mol. The van der Waals surface area contributed by atoms with Crippen LogP contribution in [-0.2, 0) is 4.74 Å². The predicted octanol–water partition coefficient (Wildman–Crippen LogP) is 2.04. The summed E-state index contributed by atoms with van der Waals surface area (Å²) in [6.45, 7) is 4.32. The maximum absolute atomic E-state index is 12.4. The van der Waals surface area contributed by atoms with E-state index in [2.05, 4.69) is 10.6 Å². The molecule has 0 heterocycles. The van der Waals surface area contributed by atoms with Crippen LogP contribution in [0.25, 0.3) is 0 Å². The molecule has 1 aromatic carbocycles. The average Bonchev–Trinajstić information content (AvgIpc) is 2.45. The second kappa shape index (κ2) is 7.58. The molecule has 1 atom stereocenters. The second-order valence-corrected chi connectivity index (χ2v) is 4.99. The van der Waals surface area contributed by atoms with Gasteiger partial charge in [-0.05, 0) is 12.0 Å². The molecule has 0 aliphatic carbocycles. The highest BCUT2D eigenvalue weighted by Gasteiger charge is 2.23. The van der Waals surface area contributed by atoms with Crippen LogP contribution in [0, 0.1) is 16.0 Å². The summed E-state index contributed by atoms with van der Waals surface area (Å²) >= 11 is 0. The number of hydrogen-bond acceptors (Lipinski definition) is 5. The van der Waals surface area contributed by atoms with Crippen LogP contribution in [0.1, 0.15) is 24.2 Å². The number of amides is 1. The highest BCUT2D eigenvalue weighted by molar-refractivity contribution is 6.01. The average molecular weight is 295 g/mol. The van der Waals surface area contributed by atoms with Gasteiger partial charge in [0.05, 0.1) is 23.1 Å². The van der Waals surface area contributed by atoms with Crippen LogP contribution >= 0.6 is 0 Å². The van der Waals surface area contributed by atoms with Crippen molar-refractivity contribution in [3.63, 3.8) is 0 Å². The van der Waals surface area contributed by atoms with Crippen LogP contribution in [-0.4, -0.2) is 37.6 Å². The van der Waals surface area contributed by atoms with Gasteiger partial charge in [-0.2, -0.15) is 0 Å². The molecule has 0 saturated carbocycles. The smallest absolute Gasteiger partial charge is 0.293 e. The van der Waals surface area contributed by atoms with E-state index < -0.39 is 4.92 Å². The summed E-state index contributed by atoms with van der Waals surface area (Å²) < 4.78 is 5.08. The summed E-state index contributed by atoms with van der Waals surface area (Å²) in [4.78, 5) is 22.8. The number of nitro benzene ring substituents is 1. The molecule has 0 fully saturated rings. The number of hydrogen-bond donors (Lipinski definition) is 2. The predicted molar refractivity (Wildman–Crippen MR) is 80.6 cm³/mol. The van der Waals surface area contributed by atoms with E-state index in [1.54, 1.807) is 20.2 Å². The second-order valence-electron chi connectivity index (χ2n) is 4.99. The Morgan fingerprint density at radius 3 is 2.57 bits per heavy atom. The Bertz CT molecular complexity index is 517. The van der Waals surface area contributed by atoms with E-state index in [-0.39, 0.29) is 34.8 Å². The first kappa shape index (κ1) is 16.9. The number of nitrogens with one attached hydrogen (secondary N) is 2. The Morgan fingerprint density at radius 2 is 2.10 bits per heavy atom. The molecule has 1 rings (SSSR count). The van der Waals surface area contributed by atoms with E-state index in [1.807, 2.05) is 13.8 Å². The van der Waals surface area contributed by atoms with Crippen LogP contribution in [0.5, 0.6) is 0 Å². The Labute approximate surface area is 123 Å². The number of nitro groups is 1. The van der Waals surface area contributed by atoms with Crippen LogP contribution in [0.2, 0.25) is 0 Å². The van der Waals surface area contributed by atoms with Crippen LogP contribution in [0.3, 0.4) is 0 Å². The van der Waals surface area contributed by atoms with Gasteiger partial charge >= 0.3 is 0 Å². The van der Waals surface area contributed by atoms with Crippen molar-refractivity contribution in [2.24, 2.45) is 5.92 Å². The van der Waals surface area contributed by atoms with Crippen molar-refractivity contribution in [3.8, 4) is 0 Å².